The summed E-state index contributed by atoms with van der Waals surface area (Å²) in [5, 5.41) is 0. The van der Waals surface area contributed by atoms with E-state index in [2.05, 4.69) is 0 Å². The summed E-state index contributed by atoms with van der Waals surface area (Å²) in [5.41, 5.74) is -1.57. The highest BCUT2D eigenvalue weighted by atomic mass is 19.4. The van der Waals surface area contributed by atoms with Crippen molar-refractivity contribution in [2.75, 3.05) is 0 Å². The van der Waals surface area contributed by atoms with Crippen molar-refractivity contribution in [1.29, 1.82) is 0 Å². The van der Waals surface area contributed by atoms with Gasteiger partial charge in [0.25, 0.3) is 0 Å². The molecular formula is C13H15F3O2. The topological polar surface area (TPSA) is 26.3 Å². The Balaban J connectivity index is 3.10. The number of hydrogen-bond acceptors (Lipinski definition) is 2. The highest BCUT2D eigenvalue weighted by Crippen LogP contribution is 2.32. The minimum absolute atomic E-state index is 0.0785. The van der Waals surface area contributed by atoms with E-state index in [0.29, 0.717) is 0 Å². The van der Waals surface area contributed by atoms with Crippen LogP contribution >= 0.6 is 0 Å². The quantitative estimate of drug-likeness (QED) is 0.714. The lowest BCUT2D eigenvalue weighted by Gasteiger charge is -2.20. The fourth-order valence-corrected chi connectivity index (χ4v) is 1.39. The molecule has 0 unspecified atom stereocenters. The largest absolute Gasteiger partial charge is 0.456 e. The molecule has 100 valence electrons. The summed E-state index contributed by atoms with van der Waals surface area (Å²) in [4.78, 5) is 11.7. The molecule has 18 heavy (non-hydrogen) atoms. The van der Waals surface area contributed by atoms with E-state index < -0.39 is 23.3 Å². The molecule has 0 heterocycles. The molecule has 0 bridgehead atoms. The maximum atomic E-state index is 12.7. The second kappa shape index (κ2) is 4.63. The zero-order chi connectivity index (χ0) is 14.1. The molecule has 1 rings (SSSR count). The molecule has 2 nitrogen and oxygen atoms in total. The third-order valence-corrected chi connectivity index (χ3v) is 2.18. The van der Waals surface area contributed by atoms with E-state index in [-0.39, 0.29) is 11.1 Å². The van der Waals surface area contributed by atoms with Crippen LogP contribution in [0.15, 0.2) is 18.2 Å². The van der Waals surface area contributed by atoms with E-state index in [9.17, 15) is 18.0 Å². The Morgan fingerprint density at radius 2 is 1.72 bits per heavy atom. The van der Waals surface area contributed by atoms with Crippen LogP contribution in [-0.2, 0) is 10.9 Å². The smallest absolute Gasteiger partial charge is 0.416 e. The van der Waals surface area contributed by atoms with Gasteiger partial charge in [-0.1, -0.05) is 6.07 Å². The highest BCUT2D eigenvalue weighted by Gasteiger charge is 2.33. The standard InChI is InChI=1S/C13H15F3O2/c1-8-5-6-9(7-10(8)13(14,15)16)11(17)18-12(2,3)4/h5-7H,1-4H3. The highest BCUT2D eigenvalue weighted by molar-refractivity contribution is 5.90. The predicted molar refractivity (Wildman–Crippen MR) is 61.3 cm³/mol. The van der Waals surface area contributed by atoms with Crippen molar-refractivity contribution in [2.24, 2.45) is 0 Å². The molecule has 1 aromatic rings. The molecule has 1 aromatic carbocycles. The second-order valence-electron chi connectivity index (χ2n) is 5.03. The number of esters is 1. The molecule has 0 saturated carbocycles. The number of ether oxygens (including phenoxy) is 1. The van der Waals surface area contributed by atoms with E-state index >= 15 is 0 Å². The lowest BCUT2D eigenvalue weighted by atomic mass is 10.0. The molecule has 0 spiro atoms. The van der Waals surface area contributed by atoms with Gasteiger partial charge < -0.3 is 4.74 Å². The molecule has 0 aromatic heterocycles. The van der Waals surface area contributed by atoms with Crippen molar-refractivity contribution in [3.8, 4) is 0 Å². The van der Waals surface area contributed by atoms with Crippen LogP contribution in [0.25, 0.3) is 0 Å². The zero-order valence-corrected chi connectivity index (χ0v) is 10.7. The van der Waals surface area contributed by atoms with Crippen molar-refractivity contribution in [3.05, 3.63) is 34.9 Å². The lowest BCUT2D eigenvalue weighted by molar-refractivity contribution is -0.138. The number of benzene rings is 1. The molecule has 0 aliphatic rings. The van der Waals surface area contributed by atoms with Crippen molar-refractivity contribution < 1.29 is 22.7 Å². The maximum Gasteiger partial charge on any atom is 0.416 e. The third-order valence-electron chi connectivity index (χ3n) is 2.18. The molecule has 0 aliphatic heterocycles. The number of alkyl halides is 3. The normalized spacial score (nSPS) is 12.4. The van der Waals surface area contributed by atoms with Gasteiger partial charge in [0.1, 0.15) is 5.60 Å². The van der Waals surface area contributed by atoms with Gasteiger partial charge in [-0.15, -0.1) is 0 Å². The Morgan fingerprint density at radius 1 is 1.17 bits per heavy atom. The van der Waals surface area contributed by atoms with Crippen molar-refractivity contribution in [3.63, 3.8) is 0 Å². The van der Waals surface area contributed by atoms with Crippen LogP contribution in [0.4, 0.5) is 13.2 Å². The molecule has 0 fully saturated rings. The molecule has 5 heteroatoms. The summed E-state index contributed by atoms with van der Waals surface area (Å²) in [6, 6.07) is 3.42. The fourth-order valence-electron chi connectivity index (χ4n) is 1.39. The van der Waals surface area contributed by atoms with Gasteiger partial charge in [-0.3, -0.25) is 0 Å². The van der Waals surface area contributed by atoms with Crippen LogP contribution < -0.4 is 0 Å². The van der Waals surface area contributed by atoms with Crippen molar-refractivity contribution in [2.45, 2.75) is 39.5 Å². The van der Waals surface area contributed by atoms with Gasteiger partial charge in [0.2, 0.25) is 0 Å². The molecule has 0 amide bonds. The summed E-state index contributed by atoms with van der Waals surface area (Å²) in [6.07, 6.45) is -4.47. The Kier molecular flexibility index (Phi) is 3.74. The minimum Gasteiger partial charge on any atom is -0.456 e. The molecule has 0 atom stereocenters. The molecule has 0 saturated heterocycles. The van der Waals surface area contributed by atoms with Gasteiger partial charge in [0, 0.05) is 0 Å². The molecule has 0 aliphatic carbocycles. The van der Waals surface area contributed by atoms with Crippen LogP contribution in [0, 0.1) is 6.92 Å². The minimum atomic E-state index is -4.47. The van der Waals surface area contributed by atoms with Gasteiger partial charge in [0.15, 0.2) is 0 Å². The van der Waals surface area contributed by atoms with Crippen LogP contribution in [-0.4, -0.2) is 11.6 Å². The summed E-state index contributed by atoms with van der Waals surface area (Å²) in [6.45, 7) is 6.32. The van der Waals surface area contributed by atoms with Crippen LogP contribution in [0.5, 0.6) is 0 Å². The van der Waals surface area contributed by atoms with E-state index in [4.69, 9.17) is 4.74 Å². The Hall–Kier alpha value is -1.52. The van der Waals surface area contributed by atoms with Crippen molar-refractivity contribution >= 4 is 5.97 Å². The second-order valence-corrected chi connectivity index (χ2v) is 5.03. The van der Waals surface area contributed by atoms with E-state index in [1.807, 2.05) is 0 Å². The molecule has 0 N–H and O–H groups in total. The first kappa shape index (κ1) is 14.5. The SMILES string of the molecule is Cc1ccc(C(=O)OC(C)(C)C)cc1C(F)(F)F. The third kappa shape index (κ3) is 3.75. The van der Waals surface area contributed by atoms with E-state index in [1.165, 1.54) is 19.1 Å². The van der Waals surface area contributed by atoms with E-state index in [1.54, 1.807) is 20.8 Å². The Morgan fingerprint density at radius 3 is 2.17 bits per heavy atom. The summed E-state index contributed by atoms with van der Waals surface area (Å²) >= 11 is 0. The average molecular weight is 260 g/mol. The number of rotatable bonds is 1. The molecule has 0 radical (unpaired) electrons. The average Bonchev–Trinajstić information content (AvgIpc) is 2.13. The van der Waals surface area contributed by atoms with Crippen LogP contribution in [0.2, 0.25) is 0 Å². The Labute approximate surface area is 104 Å². The first-order chi connectivity index (χ1) is 8.00. The Bertz CT molecular complexity index is 456. The first-order valence-corrected chi connectivity index (χ1v) is 5.42. The zero-order valence-electron chi connectivity index (χ0n) is 10.7. The van der Waals surface area contributed by atoms with E-state index in [0.717, 1.165) is 6.07 Å². The number of carbonyl (C=O) groups excluding carboxylic acids is 1. The fraction of sp³-hybridized carbons (Fsp3) is 0.462. The summed E-state index contributed by atoms with van der Waals surface area (Å²) < 4.78 is 43.1. The lowest BCUT2D eigenvalue weighted by Crippen LogP contribution is -2.24. The van der Waals surface area contributed by atoms with Gasteiger partial charge in [-0.05, 0) is 45.4 Å². The number of aryl methyl sites for hydroxylation is 1. The van der Waals surface area contributed by atoms with Gasteiger partial charge in [-0.2, -0.15) is 13.2 Å². The van der Waals surface area contributed by atoms with Gasteiger partial charge in [-0.25, -0.2) is 4.79 Å². The number of carbonyl (C=O) groups is 1. The predicted octanol–water partition coefficient (Wildman–Crippen LogP) is 3.97. The summed E-state index contributed by atoms with van der Waals surface area (Å²) in [5.74, 6) is -0.756. The van der Waals surface area contributed by atoms with Gasteiger partial charge in [0.05, 0.1) is 11.1 Å². The maximum absolute atomic E-state index is 12.7. The van der Waals surface area contributed by atoms with Crippen LogP contribution in [0.3, 0.4) is 0 Å². The number of hydrogen-bond donors (Lipinski definition) is 0. The first-order valence-electron chi connectivity index (χ1n) is 5.42. The van der Waals surface area contributed by atoms with Gasteiger partial charge >= 0.3 is 12.1 Å². The number of halogens is 3. The monoisotopic (exact) mass is 260 g/mol. The van der Waals surface area contributed by atoms with Crippen LogP contribution in [0.1, 0.15) is 42.3 Å². The molecular weight excluding hydrogens is 245 g/mol. The summed E-state index contributed by atoms with van der Waals surface area (Å²) in [7, 11) is 0. The van der Waals surface area contributed by atoms with Crippen molar-refractivity contribution in [1.82, 2.24) is 0 Å².